The summed E-state index contributed by atoms with van der Waals surface area (Å²) in [6.45, 7) is 4.39. The van der Waals surface area contributed by atoms with Crippen molar-refractivity contribution in [3.63, 3.8) is 0 Å². The fraction of sp³-hybridized carbons (Fsp3) is 0.500. The number of halogens is 1. The zero-order valence-electron chi connectivity index (χ0n) is 11.5. The molecule has 0 saturated carbocycles. The summed E-state index contributed by atoms with van der Waals surface area (Å²) < 4.78 is 14.1. The van der Waals surface area contributed by atoms with Gasteiger partial charge in [0.15, 0.2) is 0 Å². The molecule has 0 aromatic heterocycles. The molecule has 0 unspecified atom stereocenters. The van der Waals surface area contributed by atoms with Crippen LogP contribution in [0.4, 0.5) is 10.1 Å². The third-order valence-corrected chi connectivity index (χ3v) is 3.71. The molecule has 1 aromatic rings. The third kappa shape index (κ3) is 2.18. The van der Waals surface area contributed by atoms with Crippen molar-refractivity contribution in [1.82, 2.24) is 4.90 Å². The van der Waals surface area contributed by atoms with Crippen LogP contribution in [0, 0.1) is 5.82 Å². The van der Waals surface area contributed by atoms with Gasteiger partial charge in [0, 0.05) is 25.7 Å². The summed E-state index contributed by atoms with van der Waals surface area (Å²) in [4.78, 5) is 15.6. The number of aliphatic hydroxyl groups excluding tert-OH is 1. The second-order valence-corrected chi connectivity index (χ2v) is 5.34. The maximum Gasteiger partial charge on any atom is 0.247 e. The molecule has 4 nitrogen and oxygen atoms in total. The van der Waals surface area contributed by atoms with E-state index in [-0.39, 0.29) is 12.5 Å². The second kappa shape index (κ2) is 4.81. The molecule has 0 radical (unpaired) electrons. The lowest BCUT2D eigenvalue weighted by atomic mass is 9.95. The van der Waals surface area contributed by atoms with E-state index in [0.29, 0.717) is 24.3 Å². The number of carbonyl (C=O) groups is 1. The number of hydrogen-bond donors (Lipinski definition) is 1. The lowest BCUT2D eigenvalue weighted by Crippen LogP contribution is -2.62. The maximum absolute atomic E-state index is 14.1. The highest BCUT2D eigenvalue weighted by Crippen LogP contribution is 2.33. The first-order valence-corrected chi connectivity index (χ1v) is 6.31. The summed E-state index contributed by atoms with van der Waals surface area (Å²) in [5, 5.41) is 9.37. The Hall–Kier alpha value is -1.62. The Morgan fingerprint density at radius 3 is 2.68 bits per heavy atom. The molecule has 1 fully saturated rings. The molecule has 1 heterocycles. The quantitative estimate of drug-likeness (QED) is 0.879. The topological polar surface area (TPSA) is 43.8 Å². The number of nitrogens with zero attached hydrogens (tertiary/aromatic N) is 2. The van der Waals surface area contributed by atoms with Gasteiger partial charge in [-0.05, 0) is 19.9 Å². The van der Waals surface area contributed by atoms with E-state index in [9.17, 15) is 14.3 Å². The van der Waals surface area contributed by atoms with Crippen molar-refractivity contribution in [3.8, 4) is 0 Å². The van der Waals surface area contributed by atoms with Crippen molar-refractivity contribution >= 4 is 11.6 Å². The van der Waals surface area contributed by atoms with E-state index in [1.165, 1.54) is 6.07 Å². The minimum absolute atomic E-state index is 0.0501. The molecule has 1 N–H and O–H groups in total. The van der Waals surface area contributed by atoms with Gasteiger partial charge in [0.1, 0.15) is 11.4 Å². The minimum Gasteiger partial charge on any atom is -0.392 e. The van der Waals surface area contributed by atoms with Crippen molar-refractivity contribution in [3.05, 3.63) is 29.6 Å². The monoisotopic (exact) mass is 266 g/mol. The maximum atomic E-state index is 14.1. The van der Waals surface area contributed by atoms with Crippen molar-refractivity contribution in [2.24, 2.45) is 0 Å². The van der Waals surface area contributed by atoms with Crippen LogP contribution in [-0.2, 0) is 11.4 Å². The summed E-state index contributed by atoms with van der Waals surface area (Å²) in [5.41, 5.74) is 0.0147. The van der Waals surface area contributed by atoms with E-state index in [1.807, 2.05) is 0 Å². The summed E-state index contributed by atoms with van der Waals surface area (Å²) in [6.07, 6.45) is 0. The first-order valence-electron chi connectivity index (χ1n) is 6.31. The highest BCUT2D eigenvalue weighted by Gasteiger charge is 2.42. The molecular formula is C14H19FN2O2. The van der Waals surface area contributed by atoms with Gasteiger partial charge in [0.05, 0.1) is 12.3 Å². The van der Waals surface area contributed by atoms with Gasteiger partial charge in [-0.25, -0.2) is 4.39 Å². The molecule has 2 rings (SSSR count). The molecule has 0 atom stereocenters. The molecule has 1 aromatic carbocycles. The average molecular weight is 266 g/mol. The molecule has 19 heavy (non-hydrogen) atoms. The summed E-state index contributed by atoms with van der Waals surface area (Å²) in [6, 6.07) is 4.60. The van der Waals surface area contributed by atoms with Gasteiger partial charge in [-0.3, -0.25) is 4.79 Å². The smallest absolute Gasteiger partial charge is 0.247 e. The van der Waals surface area contributed by atoms with Crippen LogP contribution in [-0.4, -0.2) is 41.6 Å². The van der Waals surface area contributed by atoms with Crippen LogP contribution in [0.5, 0.6) is 0 Å². The Balaban J connectivity index is 2.50. The Morgan fingerprint density at radius 1 is 1.37 bits per heavy atom. The number of piperazine rings is 1. The molecule has 1 aliphatic rings. The van der Waals surface area contributed by atoms with E-state index in [0.717, 1.165) is 0 Å². The Morgan fingerprint density at radius 2 is 2.05 bits per heavy atom. The zero-order chi connectivity index (χ0) is 14.2. The number of benzene rings is 1. The summed E-state index contributed by atoms with van der Waals surface area (Å²) >= 11 is 0. The summed E-state index contributed by atoms with van der Waals surface area (Å²) in [5.74, 6) is -0.456. The van der Waals surface area contributed by atoms with Gasteiger partial charge in [-0.1, -0.05) is 12.1 Å². The number of amides is 1. The Labute approximate surface area is 112 Å². The molecule has 0 bridgehead atoms. The highest BCUT2D eigenvalue weighted by molar-refractivity contribution is 5.90. The fourth-order valence-corrected chi connectivity index (χ4v) is 2.59. The molecule has 104 valence electrons. The third-order valence-electron chi connectivity index (χ3n) is 3.71. The number of aliphatic hydroxyl groups is 1. The Bertz CT molecular complexity index is 502. The molecular weight excluding hydrogens is 247 g/mol. The lowest BCUT2D eigenvalue weighted by molar-refractivity contribution is -0.136. The van der Waals surface area contributed by atoms with Crippen molar-refractivity contribution < 1.29 is 14.3 Å². The minimum atomic E-state index is -0.820. The predicted octanol–water partition coefficient (Wildman–Crippen LogP) is 1.38. The van der Waals surface area contributed by atoms with Gasteiger partial charge >= 0.3 is 0 Å². The first kappa shape index (κ1) is 13.8. The van der Waals surface area contributed by atoms with Crippen molar-refractivity contribution in [2.75, 3.05) is 25.0 Å². The fourth-order valence-electron chi connectivity index (χ4n) is 2.59. The van der Waals surface area contributed by atoms with Crippen LogP contribution < -0.4 is 4.90 Å². The van der Waals surface area contributed by atoms with Crippen molar-refractivity contribution in [2.45, 2.75) is 26.0 Å². The SMILES string of the molecule is CN1CCN(c2c(F)cccc2CO)C(C)(C)C1=O. The van der Waals surface area contributed by atoms with E-state index in [1.54, 1.807) is 42.8 Å². The van der Waals surface area contributed by atoms with E-state index < -0.39 is 11.4 Å². The second-order valence-electron chi connectivity index (χ2n) is 5.34. The van der Waals surface area contributed by atoms with E-state index in [4.69, 9.17) is 0 Å². The molecule has 5 heteroatoms. The van der Waals surface area contributed by atoms with Gasteiger partial charge in [0.2, 0.25) is 5.91 Å². The summed E-state index contributed by atoms with van der Waals surface area (Å²) in [7, 11) is 1.75. The first-order chi connectivity index (χ1) is 8.89. The average Bonchev–Trinajstić information content (AvgIpc) is 2.37. The van der Waals surface area contributed by atoms with Gasteiger partial charge in [-0.2, -0.15) is 0 Å². The molecule has 1 amide bonds. The van der Waals surface area contributed by atoms with E-state index in [2.05, 4.69) is 0 Å². The highest BCUT2D eigenvalue weighted by atomic mass is 19.1. The van der Waals surface area contributed by atoms with Crippen LogP contribution in [0.1, 0.15) is 19.4 Å². The number of anilines is 1. The molecule has 1 saturated heterocycles. The number of carbonyl (C=O) groups excluding carboxylic acids is 1. The number of rotatable bonds is 2. The predicted molar refractivity (Wildman–Crippen MR) is 71.4 cm³/mol. The van der Waals surface area contributed by atoms with Crippen LogP contribution in [0.25, 0.3) is 0 Å². The number of hydrogen-bond acceptors (Lipinski definition) is 3. The largest absolute Gasteiger partial charge is 0.392 e. The standard InChI is InChI=1S/C14H19FN2O2/c1-14(2)13(19)16(3)7-8-17(14)12-10(9-18)5-4-6-11(12)15/h4-6,18H,7-9H2,1-3H3. The molecule has 1 aliphatic heterocycles. The number of likely N-dealkylation sites (N-methyl/N-ethyl adjacent to an activating group) is 1. The van der Waals surface area contributed by atoms with Crippen LogP contribution >= 0.6 is 0 Å². The van der Waals surface area contributed by atoms with E-state index >= 15 is 0 Å². The van der Waals surface area contributed by atoms with Gasteiger partial charge < -0.3 is 14.9 Å². The lowest BCUT2D eigenvalue weighted by Gasteiger charge is -2.46. The molecule has 0 spiro atoms. The van der Waals surface area contributed by atoms with Crippen LogP contribution in [0.2, 0.25) is 0 Å². The van der Waals surface area contributed by atoms with Gasteiger partial charge in [-0.15, -0.1) is 0 Å². The zero-order valence-corrected chi connectivity index (χ0v) is 11.5. The van der Waals surface area contributed by atoms with Crippen LogP contribution in [0.3, 0.4) is 0 Å². The van der Waals surface area contributed by atoms with Crippen LogP contribution in [0.15, 0.2) is 18.2 Å². The number of para-hydroxylation sites is 1. The van der Waals surface area contributed by atoms with Crippen molar-refractivity contribution in [1.29, 1.82) is 0 Å². The molecule has 0 aliphatic carbocycles. The normalized spacial score (nSPS) is 18.9. The Kier molecular flexibility index (Phi) is 3.49. The van der Waals surface area contributed by atoms with Gasteiger partial charge in [0.25, 0.3) is 0 Å².